The van der Waals surface area contributed by atoms with Crippen LogP contribution in [0.5, 0.6) is 0 Å². The van der Waals surface area contributed by atoms with E-state index in [-0.39, 0.29) is 6.61 Å². The molecule has 1 aromatic heterocycles. The fourth-order valence-corrected chi connectivity index (χ4v) is 3.68. The van der Waals surface area contributed by atoms with Crippen molar-refractivity contribution in [3.8, 4) is 0 Å². The third-order valence-electron chi connectivity index (χ3n) is 4.30. The Labute approximate surface area is 172 Å². The number of nitrogens with one attached hydrogen (secondary N) is 1. The van der Waals surface area contributed by atoms with Gasteiger partial charge in [0, 0.05) is 17.3 Å². The maximum Gasteiger partial charge on any atom is 0.168 e. The molecule has 0 spiro atoms. The van der Waals surface area contributed by atoms with Gasteiger partial charge in [0.25, 0.3) is 0 Å². The Balaban J connectivity index is 1.78. The summed E-state index contributed by atoms with van der Waals surface area (Å²) in [5.74, 6) is -1.26. The number of halogens is 1. The average Bonchev–Trinajstić information content (AvgIpc) is 3.09. The van der Waals surface area contributed by atoms with Gasteiger partial charge >= 0.3 is 0 Å². The summed E-state index contributed by atoms with van der Waals surface area (Å²) in [6.45, 7) is 0.471. The zero-order valence-electron chi connectivity index (χ0n) is 15.1. The van der Waals surface area contributed by atoms with Crippen molar-refractivity contribution in [1.82, 2.24) is 9.55 Å². The number of imidazole rings is 1. The Hall–Kier alpha value is -2.48. The summed E-state index contributed by atoms with van der Waals surface area (Å²) in [6.07, 6.45) is 3.59. The number of thioether (sulfide) groups is 1. The number of rotatable bonds is 8. The number of hydrogen-bond donors (Lipinski definition) is 2. The molecule has 3 rings (SSSR count). The highest BCUT2D eigenvalue weighted by Gasteiger charge is 2.16. The minimum atomic E-state index is -1.26. The second-order valence-electron chi connectivity index (χ2n) is 6.10. The molecule has 0 fully saturated rings. The lowest BCUT2D eigenvalue weighted by molar-refractivity contribution is -0.307. The highest BCUT2D eigenvalue weighted by atomic mass is 35.5. The monoisotopic (exact) mass is 416 g/mol. The molecule has 0 bridgehead atoms. The first-order valence-electron chi connectivity index (χ1n) is 8.53. The van der Waals surface area contributed by atoms with Crippen LogP contribution in [0.15, 0.2) is 59.9 Å². The minimum absolute atomic E-state index is 0.0850. The van der Waals surface area contributed by atoms with E-state index in [1.807, 2.05) is 23.0 Å². The second-order valence-corrected chi connectivity index (χ2v) is 7.28. The molecule has 1 unspecified atom stereocenters. The average molecular weight is 417 g/mol. The first-order valence-corrected chi connectivity index (χ1v) is 10.1. The van der Waals surface area contributed by atoms with Gasteiger partial charge in [0.2, 0.25) is 0 Å². The SMILES string of the molecule is CSc1ncc(CO)n1Cc1ccc(NC(C(=O)[O-])c2ccccc2Cl)cc1. The number of aliphatic hydroxyl groups is 1. The van der Waals surface area contributed by atoms with Crippen molar-refractivity contribution in [2.75, 3.05) is 11.6 Å². The minimum Gasteiger partial charge on any atom is -0.548 e. The molecule has 0 aliphatic carbocycles. The summed E-state index contributed by atoms with van der Waals surface area (Å²) < 4.78 is 1.95. The van der Waals surface area contributed by atoms with Crippen LogP contribution in [0.25, 0.3) is 0 Å². The molecule has 0 aliphatic rings. The van der Waals surface area contributed by atoms with Crippen molar-refractivity contribution in [3.63, 3.8) is 0 Å². The maximum atomic E-state index is 11.6. The second kappa shape index (κ2) is 9.14. The van der Waals surface area contributed by atoms with Crippen molar-refractivity contribution in [2.45, 2.75) is 24.3 Å². The summed E-state index contributed by atoms with van der Waals surface area (Å²) in [5.41, 5.74) is 2.82. The maximum absolute atomic E-state index is 11.6. The molecule has 2 aromatic carbocycles. The molecular formula is C20H19ClN3O3S-. The van der Waals surface area contributed by atoms with Crippen LogP contribution in [0.4, 0.5) is 5.69 Å². The number of anilines is 1. The number of aromatic nitrogens is 2. The predicted octanol–water partition coefficient (Wildman–Crippen LogP) is 2.70. The molecule has 28 heavy (non-hydrogen) atoms. The van der Waals surface area contributed by atoms with Crippen molar-refractivity contribution in [2.24, 2.45) is 0 Å². The van der Waals surface area contributed by atoms with Gasteiger partial charge in [0.15, 0.2) is 5.16 Å². The Morgan fingerprint density at radius 1 is 1.29 bits per heavy atom. The molecule has 0 radical (unpaired) electrons. The van der Waals surface area contributed by atoms with Gasteiger partial charge in [-0.15, -0.1) is 0 Å². The standard InChI is InChI=1S/C20H20ClN3O3S/c1-28-20-22-10-15(12-25)24(20)11-13-6-8-14(9-7-13)23-18(19(26)27)16-4-2-3-5-17(16)21/h2-10,18,23,25H,11-12H2,1H3,(H,26,27)/p-1. The molecule has 146 valence electrons. The van der Waals surface area contributed by atoms with E-state index in [0.717, 1.165) is 16.4 Å². The predicted molar refractivity (Wildman–Crippen MR) is 108 cm³/mol. The van der Waals surface area contributed by atoms with Crippen LogP contribution in [0, 0.1) is 0 Å². The van der Waals surface area contributed by atoms with Crippen molar-refractivity contribution in [3.05, 3.63) is 76.6 Å². The first-order chi connectivity index (χ1) is 13.5. The van der Waals surface area contributed by atoms with Crippen LogP contribution in [-0.4, -0.2) is 26.9 Å². The van der Waals surface area contributed by atoms with Gasteiger partial charge < -0.3 is 24.9 Å². The number of nitrogens with zero attached hydrogens (tertiary/aromatic N) is 2. The van der Waals surface area contributed by atoms with Crippen molar-refractivity contribution >= 4 is 35.0 Å². The van der Waals surface area contributed by atoms with Gasteiger partial charge in [-0.2, -0.15) is 0 Å². The summed E-state index contributed by atoms with van der Waals surface area (Å²) >= 11 is 7.64. The molecule has 3 aromatic rings. The van der Waals surface area contributed by atoms with Crippen LogP contribution in [-0.2, 0) is 17.9 Å². The molecule has 0 aliphatic heterocycles. The fourth-order valence-electron chi connectivity index (χ4n) is 2.88. The number of carboxylic acids is 1. The molecule has 0 saturated heterocycles. The van der Waals surface area contributed by atoms with Crippen molar-refractivity contribution in [1.29, 1.82) is 0 Å². The van der Waals surface area contributed by atoms with E-state index in [4.69, 9.17) is 11.6 Å². The molecule has 0 saturated carbocycles. The van der Waals surface area contributed by atoms with E-state index in [0.29, 0.717) is 22.8 Å². The highest BCUT2D eigenvalue weighted by Crippen LogP contribution is 2.26. The Kier molecular flexibility index (Phi) is 6.61. The number of aliphatic hydroxyl groups excluding tert-OH is 1. The molecule has 1 atom stereocenters. The zero-order valence-corrected chi connectivity index (χ0v) is 16.7. The Bertz CT molecular complexity index is 938. The van der Waals surface area contributed by atoms with E-state index >= 15 is 0 Å². The van der Waals surface area contributed by atoms with E-state index in [1.165, 1.54) is 11.8 Å². The summed E-state index contributed by atoms with van der Waals surface area (Å²) in [4.78, 5) is 15.9. The molecule has 0 amide bonds. The zero-order chi connectivity index (χ0) is 20.1. The molecule has 1 heterocycles. The van der Waals surface area contributed by atoms with E-state index in [2.05, 4.69) is 10.3 Å². The first kappa shape index (κ1) is 20.3. The number of carbonyl (C=O) groups excluding carboxylic acids is 1. The van der Waals surface area contributed by atoms with Gasteiger partial charge in [-0.25, -0.2) is 4.98 Å². The summed E-state index contributed by atoms with van der Waals surface area (Å²) in [6, 6.07) is 13.1. The number of hydrogen-bond acceptors (Lipinski definition) is 6. The lowest BCUT2D eigenvalue weighted by atomic mass is 10.1. The van der Waals surface area contributed by atoms with Gasteiger partial charge in [0.05, 0.1) is 30.5 Å². The third-order valence-corrected chi connectivity index (χ3v) is 5.34. The molecule has 6 nitrogen and oxygen atoms in total. The van der Waals surface area contributed by atoms with Crippen LogP contribution < -0.4 is 10.4 Å². The third kappa shape index (κ3) is 4.49. The number of aliphatic carboxylic acids is 1. The van der Waals surface area contributed by atoms with Crippen LogP contribution in [0.2, 0.25) is 5.02 Å². The lowest BCUT2D eigenvalue weighted by Crippen LogP contribution is -2.34. The topological polar surface area (TPSA) is 90.2 Å². The van der Waals surface area contributed by atoms with Gasteiger partial charge in [-0.3, -0.25) is 0 Å². The lowest BCUT2D eigenvalue weighted by Gasteiger charge is -2.22. The number of carbonyl (C=O) groups is 1. The van der Waals surface area contributed by atoms with Crippen LogP contribution in [0.3, 0.4) is 0 Å². The molecular weight excluding hydrogens is 398 g/mol. The smallest absolute Gasteiger partial charge is 0.168 e. The number of benzene rings is 2. The molecule has 2 N–H and O–H groups in total. The van der Waals surface area contributed by atoms with E-state index < -0.39 is 12.0 Å². The fraction of sp³-hybridized carbons (Fsp3) is 0.200. The quantitative estimate of drug-likeness (QED) is 0.549. The van der Waals surface area contributed by atoms with E-state index in [1.54, 1.807) is 42.6 Å². The Morgan fingerprint density at radius 3 is 2.61 bits per heavy atom. The molecule has 8 heteroatoms. The normalized spacial score (nSPS) is 12.0. The van der Waals surface area contributed by atoms with Crippen LogP contribution >= 0.6 is 23.4 Å². The van der Waals surface area contributed by atoms with Gasteiger partial charge in [-0.1, -0.05) is 53.7 Å². The van der Waals surface area contributed by atoms with Crippen molar-refractivity contribution < 1.29 is 15.0 Å². The summed E-state index contributed by atoms with van der Waals surface area (Å²) in [5, 5.41) is 25.2. The van der Waals surface area contributed by atoms with E-state index in [9.17, 15) is 15.0 Å². The summed E-state index contributed by atoms with van der Waals surface area (Å²) in [7, 11) is 0. The van der Waals surface area contributed by atoms with Gasteiger partial charge in [0.1, 0.15) is 0 Å². The Morgan fingerprint density at radius 2 is 2.00 bits per heavy atom. The number of carboxylic acid groups (broad SMARTS) is 1. The largest absolute Gasteiger partial charge is 0.548 e. The van der Waals surface area contributed by atoms with Gasteiger partial charge in [-0.05, 0) is 35.6 Å². The van der Waals surface area contributed by atoms with Crippen LogP contribution in [0.1, 0.15) is 22.9 Å². The highest BCUT2D eigenvalue weighted by molar-refractivity contribution is 7.98.